The Hall–Kier alpha value is -2.01. The highest BCUT2D eigenvalue weighted by atomic mass is 16.5. The van der Waals surface area contributed by atoms with Crippen molar-refractivity contribution in [2.24, 2.45) is 5.73 Å². The molecule has 8 N–H and O–H groups in total. The molecule has 10 nitrogen and oxygen atoms in total. The highest BCUT2D eigenvalue weighted by molar-refractivity contribution is 5.82. The van der Waals surface area contributed by atoms with Crippen molar-refractivity contribution in [2.75, 3.05) is 18.1 Å². The molecule has 1 aliphatic rings. The molecule has 0 amide bonds. The minimum atomic E-state index is -1.14. The quantitative estimate of drug-likeness (QED) is 0.418. The number of nitrogens with two attached hydrogens (primary N) is 3. The maximum atomic E-state index is 10.1. The van der Waals surface area contributed by atoms with E-state index in [9.17, 15) is 10.2 Å². The van der Waals surface area contributed by atoms with Crippen molar-refractivity contribution in [1.29, 1.82) is 0 Å². The molecule has 0 aliphatic carbocycles. The summed E-state index contributed by atoms with van der Waals surface area (Å²) in [6.07, 6.45) is -1.17. The van der Waals surface area contributed by atoms with Gasteiger partial charge in [-0.2, -0.15) is 9.97 Å². The SMILES string of the molecule is C[C@@]1(N)[C@H](O)[C@@H](CO)O[C@H]1n1cnc2c(N)nc(N)nc21. The Bertz CT molecular complexity index is 686. The minimum Gasteiger partial charge on any atom is -0.394 e. The molecule has 114 valence electrons. The van der Waals surface area contributed by atoms with Crippen molar-refractivity contribution in [2.45, 2.75) is 30.9 Å². The molecule has 1 aliphatic heterocycles. The van der Waals surface area contributed by atoms with Gasteiger partial charge < -0.3 is 32.2 Å². The summed E-state index contributed by atoms with van der Waals surface area (Å²) < 4.78 is 7.16. The van der Waals surface area contributed by atoms with E-state index in [0.29, 0.717) is 11.2 Å². The van der Waals surface area contributed by atoms with Gasteiger partial charge in [0.25, 0.3) is 0 Å². The third-order valence-electron chi connectivity index (χ3n) is 3.72. The van der Waals surface area contributed by atoms with E-state index in [0.717, 1.165) is 0 Å². The summed E-state index contributed by atoms with van der Waals surface area (Å²) in [5.41, 5.74) is 17.1. The molecule has 0 spiro atoms. The fraction of sp³-hybridized carbons (Fsp3) is 0.545. The van der Waals surface area contributed by atoms with Gasteiger partial charge in [0.15, 0.2) is 17.7 Å². The number of aliphatic hydroxyl groups is 2. The van der Waals surface area contributed by atoms with E-state index in [1.165, 1.54) is 10.9 Å². The number of nitrogens with zero attached hydrogens (tertiary/aromatic N) is 4. The van der Waals surface area contributed by atoms with E-state index in [4.69, 9.17) is 21.9 Å². The van der Waals surface area contributed by atoms with Gasteiger partial charge in [0.1, 0.15) is 17.7 Å². The van der Waals surface area contributed by atoms with Crippen LogP contribution in [0.1, 0.15) is 13.2 Å². The Morgan fingerprint density at radius 3 is 2.76 bits per heavy atom. The highest BCUT2D eigenvalue weighted by Gasteiger charge is 2.51. The number of aliphatic hydroxyl groups excluding tert-OH is 2. The van der Waals surface area contributed by atoms with Crippen LogP contribution in [0.4, 0.5) is 11.8 Å². The second-order valence-corrected chi connectivity index (χ2v) is 5.31. The predicted octanol–water partition coefficient (Wildman–Crippen LogP) is -2.04. The first-order chi connectivity index (χ1) is 9.86. The Balaban J connectivity index is 2.13. The first-order valence-electron chi connectivity index (χ1n) is 6.35. The van der Waals surface area contributed by atoms with Crippen LogP contribution in [0.25, 0.3) is 11.2 Å². The van der Waals surface area contributed by atoms with Crippen LogP contribution in [0.3, 0.4) is 0 Å². The zero-order chi connectivity index (χ0) is 15.4. The van der Waals surface area contributed by atoms with Gasteiger partial charge in [-0.25, -0.2) is 4.98 Å². The van der Waals surface area contributed by atoms with Crippen LogP contribution in [-0.2, 0) is 4.74 Å². The summed E-state index contributed by atoms with van der Waals surface area (Å²) in [6.45, 7) is 1.27. The van der Waals surface area contributed by atoms with Gasteiger partial charge in [0.2, 0.25) is 5.95 Å². The fourth-order valence-corrected chi connectivity index (χ4v) is 2.57. The van der Waals surface area contributed by atoms with E-state index >= 15 is 0 Å². The summed E-state index contributed by atoms with van der Waals surface area (Å²) >= 11 is 0. The molecule has 3 heterocycles. The standard InChI is InChI=1S/C11H17N7O3/c1-11(14)6(20)4(2-19)21-9(11)18-3-15-5-7(12)16-10(13)17-8(5)18/h3-4,6,9,19-20H,2,14H2,1H3,(H4,12,13,16,17)/t4-,6-,9-,11-/m1/s1. The predicted molar refractivity (Wildman–Crippen MR) is 73.7 cm³/mol. The van der Waals surface area contributed by atoms with Crippen LogP contribution in [0, 0.1) is 0 Å². The van der Waals surface area contributed by atoms with Gasteiger partial charge >= 0.3 is 0 Å². The van der Waals surface area contributed by atoms with Crippen LogP contribution in [0.15, 0.2) is 6.33 Å². The van der Waals surface area contributed by atoms with E-state index in [1.807, 2.05) is 0 Å². The molecule has 0 bridgehead atoms. The smallest absolute Gasteiger partial charge is 0.224 e. The minimum absolute atomic E-state index is 0.00210. The first kappa shape index (κ1) is 13.9. The van der Waals surface area contributed by atoms with E-state index in [-0.39, 0.29) is 18.4 Å². The molecule has 0 saturated carbocycles. The van der Waals surface area contributed by atoms with Gasteiger partial charge in [-0.15, -0.1) is 0 Å². The Morgan fingerprint density at radius 1 is 1.43 bits per heavy atom. The van der Waals surface area contributed by atoms with Gasteiger partial charge in [-0.05, 0) is 6.92 Å². The number of hydrogen-bond acceptors (Lipinski definition) is 9. The number of imidazole rings is 1. The summed E-state index contributed by atoms with van der Waals surface area (Å²) in [5, 5.41) is 19.4. The van der Waals surface area contributed by atoms with Crippen molar-refractivity contribution in [1.82, 2.24) is 19.5 Å². The molecule has 3 rings (SSSR count). The second-order valence-electron chi connectivity index (χ2n) is 5.31. The highest BCUT2D eigenvalue weighted by Crippen LogP contribution is 2.37. The van der Waals surface area contributed by atoms with Crippen LogP contribution < -0.4 is 17.2 Å². The number of ether oxygens (including phenoxy) is 1. The average Bonchev–Trinajstić information content (AvgIpc) is 2.91. The zero-order valence-corrected chi connectivity index (χ0v) is 11.3. The van der Waals surface area contributed by atoms with Crippen molar-refractivity contribution < 1.29 is 14.9 Å². The van der Waals surface area contributed by atoms with Crippen molar-refractivity contribution >= 4 is 22.9 Å². The summed E-state index contributed by atoms with van der Waals surface area (Å²) in [5.74, 6) is 0.143. The monoisotopic (exact) mass is 295 g/mol. The molecule has 21 heavy (non-hydrogen) atoms. The van der Waals surface area contributed by atoms with Crippen molar-refractivity contribution in [3.05, 3.63) is 6.33 Å². The third kappa shape index (κ3) is 1.92. The molecule has 4 atom stereocenters. The molecule has 0 aromatic carbocycles. The first-order valence-corrected chi connectivity index (χ1v) is 6.35. The maximum Gasteiger partial charge on any atom is 0.224 e. The van der Waals surface area contributed by atoms with Gasteiger partial charge in [-0.3, -0.25) is 4.57 Å². The molecule has 2 aromatic heterocycles. The lowest BCUT2D eigenvalue weighted by atomic mass is 9.93. The molecular formula is C11H17N7O3. The summed E-state index contributed by atoms with van der Waals surface area (Å²) in [6, 6.07) is 0. The van der Waals surface area contributed by atoms with Crippen LogP contribution in [-0.4, -0.2) is 54.1 Å². The van der Waals surface area contributed by atoms with E-state index < -0.39 is 24.0 Å². The molecule has 2 aromatic rings. The van der Waals surface area contributed by atoms with Gasteiger partial charge in [-0.1, -0.05) is 0 Å². The second kappa shape index (κ2) is 4.49. The lowest BCUT2D eigenvalue weighted by Crippen LogP contribution is -2.52. The van der Waals surface area contributed by atoms with E-state index in [2.05, 4.69) is 15.0 Å². The van der Waals surface area contributed by atoms with Crippen LogP contribution in [0.2, 0.25) is 0 Å². The lowest BCUT2D eigenvalue weighted by Gasteiger charge is -2.28. The molecule has 1 fully saturated rings. The summed E-state index contributed by atoms with van der Waals surface area (Å²) in [4.78, 5) is 12.0. The third-order valence-corrected chi connectivity index (χ3v) is 3.72. The fourth-order valence-electron chi connectivity index (χ4n) is 2.57. The molecule has 1 saturated heterocycles. The molecule has 0 unspecified atom stereocenters. The number of fused-ring (bicyclic) bond motifs is 1. The molecule has 0 radical (unpaired) electrons. The largest absolute Gasteiger partial charge is 0.394 e. The van der Waals surface area contributed by atoms with Gasteiger partial charge in [0.05, 0.1) is 18.5 Å². The molecule has 10 heteroatoms. The van der Waals surface area contributed by atoms with Crippen LogP contribution in [0.5, 0.6) is 0 Å². The molecular weight excluding hydrogens is 278 g/mol. The van der Waals surface area contributed by atoms with Crippen LogP contribution >= 0.6 is 0 Å². The zero-order valence-electron chi connectivity index (χ0n) is 11.3. The number of nitrogen functional groups attached to an aromatic ring is 2. The Kier molecular flexibility index (Phi) is 2.99. The number of hydrogen-bond donors (Lipinski definition) is 5. The van der Waals surface area contributed by atoms with Gasteiger partial charge in [0, 0.05) is 0 Å². The summed E-state index contributed by atoms with van der Waals surface area (Å²) in [7, 11) is 0. The Labute approximate surface area is 119 Å². The average molecular weight is 295 g/mol. The number of aromatic nitrogens is 4. The topological polar surface area (TPSA) is 171 Å². The van der Waals surface area contributed by atoms with E-state index in [1.54, 1.807) is 6.92 Å². The normalized spacial score (nSPS) is 32.9. The lowest BCUT2D eigenvalue weighted by molar-refractivity contribution is -0.0455. The Morgan fingerprint density at radius 2 is 2.14 bits per heavy atom. The maximum absolute atomic E-state index is 10.1. The number of anilines is 2. The van der Waals surface area contributed by atoms with Crippen molar-refractivity contribution in [3.8, 4) is 0 Å². The van der Waals surface area contributed by atoms with Crippen molar-refractivity contribution in [3.63, 3.8) is 0 Å². The number of rotatable bonds is 2.